The van der Waals surface area contributed by atoms with E-state index in [2.05, 4.69) is 70.4 Å². The molecule has 0 aliphatic carbocycles. The number of anilines is 2. The van der Waals surface area contributed by atoms with Crippen molar-refractivity contribution >= 4 is 52.2 Å². The van der Waals surface area contributed by atoms with Crippen molar-refractivity contribution in [3.05, 3.63) is 89.5 Å². The van der Waals surface area contributed by atoms with Gasteiger partial charge < -0.3 is 15.4 Å². The van der Waals surface area contributed by atoms with E-state index in [9.17, 15) is 14.4 Å². The van der Waals surface area contributed by atoms with E-state index in [0.717, 1.165) is 18.6 Å². The number of hydrogen-bond donors (Lipinski definition) is 2. The maximum Gasteiger partial charge on any atom is 0.269 e. The van der Waals surface area contributed by atoms with Gasteiger partial charge in [0.05, 0.1) is 6.61 Å². The molecule has 43 heavy (non-hydrogen) atoms. The maximum atomic E-state index is 12.8. The number of nitrogens with one attached hydrogen (secondary N) is 2. The van der Waals surface area contributed by atoms with Gasteiger partial charge in [-0.05, 0) is 59.9 Å². The van der Waals surface area contributed by atoms with Crippen LogP contribution in [0.25, 0.3) is 0 Å². The lowest BCUT2D eigenvalue weighted by Crippen LogP contribution is -2.40. The number of hydrogen-bond acceptors (Lipinski definition) is 4. The third kappa shape index (κ3) is 8.84. The standard InChI is InChI=1S/C35H42Cl2N2O4/c1-7-33(3,4)25-19-20-29(28(22-25)34(5,6)8-2)43-21-13-18-30(40)38-26-16-12-17-27(23-26)39-32(42)35(36,37)31(41)24-14-10-9-11-15-24/h9-12,14-17,19-20,22-23H,7-8,13,18,21H2,1-6H3,(H,38,40)(H,39,42). The quantitative estimate of drug-likeness (QED) is 0.0812. The summed E-state index contributed by atoms with van der Waals surface area (Å²) in [5.41, 5.74) is 3.53. The van der Waals surface area contributed by atoms with E-state index in [1.165, 1.54) is 23.3 Å². The Morgan fingerprint density at radius 2 is 1.40 bits per heavy atom. The Morgan fingerprint density at radius 3 is 2.02 bits per heavy atom. The predicted octanol–water partition coefficient (Wildman–Crippen LogP) is 8.85. The van der Waals surface area contributed by atoms with Crippen molar-refractivity contribution in [1.82, 2.24) is 0 Å². The van der Waals surface area contributed by atoms with Gasteiger partial charge in [-0.2, -0.15) is 0 Å². The summed E-state index contributed by atoms with van der Waals surface area (Å²) in [6.07, 6.45) is 2.79. The van der Waals surface area contributed by atoms with Crippen LogP contribution in [0.15, 0.2) is 72.8 Å². The van der Waals surface area contributed by atoms with E-state index >= 15 is 0 Å². The van der Waals surface area contributed by atoms with Gasteiger partial charge in [-0.3, -0.25) is 14.4 Å². The molecular formula is C35H42Cl2N2O4. The number of Topliss-reactive ketones (excluding diaryl/α,β-unsaturated/α-hetero) is 1. The van der Waals surface area contributed by atoms with Gasteiger partial charge in [-0.25, -0.2) is 0 Å². The molecule has 0 heterocycles. The van der Waals surface area contributed by atoms with Gasteiger partial charge in [-0.1, -0.05) is 113 Å². The zero-order valence-electron chi connectivity index (χ0n) is 25.9. The average molecular weight is 626 g/mol. The number of ketones is 1. The number of carbonyl (C=O) groups is 3. The van der Waals surface area contributed by atoms with Gasteiger partial charge in [0.25, 0.3) is 10.2 Å². The van der Waals surface area contributed by atoms with Crippen LogP contribution in [-0.2, 0) is 20.4 Å². The molecule has 2 N–H and O–H groups in total. The molecule has 6 nitrogen and oxygen atoms in total. The van der Waals surface area contributed by atoms with Gasteiger partial charge in [0, 0.05) is 28.9 Å². The number of amides is 2. The Balaban J connectivity index is 1.57. The highest BCUT2D eigenvalue weighted by Gasteiger charge is 2.42. The van der Waals surface area contributed by atoms with E-state index in [1.54, 1.807) is 42.5 Å². The third-order valence-corrected chi connectivity index (χ3v) is 8.76. The molecule has 0 atom stereocenters. The summed E-state index contributed by atoms with van der Waals surface area (Å²) >= 11 is 12.3. The Labute approximate surface area is 265 Å². The first-order valence-electron chi connectivity index (χ1n) is 14.7. The number of halogens is 2. The summed E-state index contributed by atoms with van der Waals surface area (Å²) < 4.78 is 3.87. The smallest absolute Gasteiger partial charge is 0.269 e. The van der Waals surface area contributed by atoms with E-state index in [-0.39, 0.29) is 28.7 Å². The van der Waals surface area contributed by atoms with Crippen molar-refractivity contribution in [3.8, 4) is 5.75 Å². The second-order valence-corrected chi connectivity index (χ2v) is 13.3. The summed E-state index contributed by atoms with van der Waals surface area (Å²) in [4.78, 5) is 38.1. The predicted molar refractivity (Wildman–Crippen MR) is 177 cm³/mol. The molecule has 3 aromatic carbocycles. The van der Waals surface area contributed by atoms with Gasteiger partial charge in [-0.15, -0.1) is 0 Å². The molecule has 0 aromatic heterocycles. The van der Waals surface area contributed by atoms with Gasteiger partial charge in [0.2, 0.25) is 11.7 Å². The molecule has 0 saturated carbocycles. The Kier molecular flexibility index (Phi) is 11.4. The molecule has 0 aliphatic heterocycles. The highest BCUT2D eigenvalue weighted by Crippen LogP contribution is 2.38. The normalized spacial score (nSPS) is 12.0. The molecule has 230 valence electrons. The van der Waals surface area contributed by atoms with Crippen molar-refractivity contribution < 1.29 is 19.1 Å². The Hall–Kier alpha value is -3.35. The lowest BCUT2D eigenvalue weighted by molar-refractivity contribution is -0.117. The number of benzene rings is 3. The fourth-order valence-corrected chi connectivity index (χ4v) is 4.71. The molecule has 0 unspecified atom stereocenters. The molecule has 0 saturated heterocycles. The summed E-state index contributed by atoms with van der Waals surface area (Å²) in [7, 11) is 0. The first-order valence-corrected chi connectivity index (χ1v) is 15.4. The van der Waals surface area contributed by atoms with Crippen LogP contribution in [0.2, 0.25) is 0 Å². The van der Waals surface area contributed by atoms with E-state index < -0.39 is 16.0 Å². The molecular weight excluding hydrogens is 583 g/mol. The van der Waals surface area contributed by atoms with Crippen LogP contribution in [0.1, 0.15) is 88.7 Å². The third-order valence-electron chi connectivity index (χ3n) is 8.07. The number of carbonyl (C=O) groups excluding carboxylic acids is 3. The largest absolute Gasteiger partial charge is 0.493 e. The van der Waals surface area contributed by atoms with Crippen molar-refractivity contribution in [2.24, 2.45) is 0 Å². The first-order chi connectivity index (χ1) is 20.2. The molecule has 0 aliphatic rings. The fourth-order valence-electron chi connectivity index (χ4n) is 4.40. The number of alkyl halides is 2. The lowest BCUT2D eigenvalue weighted by atomic mass is 9.76. The van der Waals surface area contributed by atoms with Gasteiger partial charge in [0.15, 0.2) is 0 Å². The minimum Gasteiger partial charge on any atom is -0.493 e. The van der Waals surface area contributed by atoms with Crippen molar-refractivity contribution in [2.75, 3.05) is 17.2 Å². The second-order valence-electron chi connectivity index (χ2n) is 12.0. The fraction of sp³-hybridized carbons (Fsp3) is 0.400. The van der Waals surface area contributed by atoms with Crippen LogP contribution >= 0.6 is 23.2 Å². The van der Waals surface area contributed by atoms with E-state index in [4.69, 9.17) is 27.9 Å². The van der Waals surface area contributed by atoms with Crippen molar-refractivity contribution in [2.45, 2.75) is 82.4 Å². The van der Waals surface area contributed by atoms with Crippen LogP contribution in [-0.4, -0.2) is 28.5 Å². The molecule has 0 radical (unpaired) electrons. The minimum absolute atomic E-state index is 0.0472. The summed E-state index contributed by atoms with van der Waals surface area (Å²) in [5.74, 6) is -0.953. The van der Waals surface area contributed by atoms with Gasteiger partial charge in [0.1, 0.15) is 5.75 Å². The van der Waals surface area contributed by atoms with Gasteiger partial charge >= 0.3 is 0 Å². The highest BCUT2D eigenvalue weighted by molar-refractivity contribution is 6.70. The maximum absolute atomic E-state index is 12.8. The second kappa shape index (κ2) is 14.4. The topological polar surface area (TPSA) is 84.5 Å². The molecule has 3 aromatic rings. The highest BCUT2D eigenvalue weighted by atomic mass is 35.5. The molecule has 8 heteroatoms. The van der Waals surface area contributed by atoms with Crippen LogP contribution in [0.4, 0.5) is 11.4 Å². The average Bonchev–Trinajstić information content (AvgIpc) is 2.99. The number of ether oxygens (including phenoxy) is 1. The Morgan fingerprint density at radius 1 is 0.767 bits per heavy atom. The summed E-state index contributed by atoms with van der Waals surface area (Å²) in [6.45, 7) is 13.7. The molecule has 0 bridgehead atoms. The van der Waals surface area contributed by atoms with Crippen molar-refractivity contribution in [1.29, 1.82) is 0 Å². The van der Waals surface area contributed by atoms with Crippen LogP contribution in [0, 0.1) is 0 Å². The molecule has 2 amide bonds. The molecule has 0 spiro atoms. The lowest BCUT2D eigenvalue weighted by Gasteiger charge is -2.30. The van der Waals surface area contributed by atoms with Crippen LogP contribution < -0.4 is 15.4 Å². The summed E-state index contributed by atoms with van der Waals surface area (Å²) in [6, 6.07) is 21.1. The molecule has 3 rings (SSSR count). The number of rotatable bonds is 14. The van der Waals surface area contributed by atoms with Crippen molar-refractivity contribution in [3.63, 3.8) is 0 Å². The van der Waals surface area contributed by atoms with E-state index in [1.807, 2.05) is 0 Å². The van der Waals surface area contributed by atoms with Crippen LogP contribution in [0.3, 0.4) is 0 Å². The van der Waals surface area contributed by atoms with Crippen LogP contribution in [0.5, 0.6) is 5.75 Å². The Bertz CT molecular complexity index is 1430. The summed E-state index contributed by atoms with van der Waals surface area (Å²) in [5, 5.41) is 5.40. The monoisotopic (exact) mass is 624 g/mol. The minimum atomic E-state index is -2.32. The zero-order valence-corrected chi connectivity index (χ0v) is 27.4. The first kappa shape index (κ1) is 34.1. The molecule has 0 fully saturated rings. The zero-order chi connectivity index (χ0) is 31.8. The van der Waals surface area contributed by atoms with E-state index in [0.29, 0.717) is 24.4 Å². The SMILES string of the molecule is CCC(C)(C)c1ccc(OCCCC(=O)Nc2cccc(NC(=O)C(Cl)(Cl)C(=O)c3ccccc3)c2)c(C(C)(C)CC)c1.